The SMILES string of the molecule is O=C(O)c1ccc(Oc2ccccc2)cc1NC1CCCCC1. The van der Waals surface area contributed by atoms with Gasteiger partial charge in [-0.25, -0.2) is 4.79 Å². The molecular weight excluding hydrogens is 290 g/mol. The Hall–Kier alpha value is -2.49. The monoisotopic (exact) mass is 311 g/mol. The number of hydrogen-bond donors (Lipinski definition) is 2. The molecule has 0 amide bonds. The van der Waals surface area contributed by atoms with Crippen molar-refractivity contribution in [2.75, 3.05) is 5.32 Å². The molecule has 2 N–H and O–H groups in total. The number of ether oxygens (including phenoxy) is 1. The molecular formula is C19H21NO3. The van der Waals surface area contributed by atoms with Crippen LogP contribution in [0, 0.1) is 0 Å². The Morgan fingerprint density at radius 1 is 1.00 bits per heavy atom. The predicted molar refractivity (Wildman–Crippen MR) is 90.4 cm³/mol. The van der Waals surface area contributed by atoms with Crippen LogP contribution in [0.4, 0.5) is 5.69 Å². The molecule has 0 heterocycles. The molecule has 0 radical (unpaired) electrons. The van der Waals surface area contributed by atoms with Gasteiger partial charge in [0.2, 0.25) is 0 Å². The summed E-state index contributed by atoms with van der Waals surface area (Å²) < 4.78 is 5.81. The van der Waals surface area contributed by atoms with E-state index in [-0.39, 0.29) is 5.56 Å². The fourth-order valence-electron chi connectivity index (χ4n) is 2.98. The number of aromatic carboxylic acids is 1. The van der Waals surface area contributed by atoms with Gasteiger partial charge in [-0.2, -0.15) is 0 Å². The fourth-order valence-corrected chi connectivity index (χ4v) is 2.98. The Kier molecular flexibility index (Phi) is 4.81. The predicted octanol–water partition coefficient (Wildman–Crippen LogP) is 4.92. The van der Waals surface area contributed by atoms with Crippen LogP contribution in [0.1, 0.15) is 42.5 Å². The molecule has 4 nitrogen and oxygen atoms in total. The zero-order valence-corrected chi connectivity index (χ0v) is 13.0. The number of nitrogens with one attached hydrogen (secondary N) is 1. The van der Waals surface area contributed by atoms with E-state index in [9.17, 15) is 9.90 Å². The van der Waals surface area contributed by atoms with Gasteiger partial charge in [-0.3, -0.25) is 0 Å². The highest BCUT2D eigenvalue weighted by atomic mass is 16.5. The summed E-state index contributed by atoms with van der Waals surface area (Å²) in [6, 6.07) is 14.9. The lowest BCUT2D eigenvalue weighted by molar-refractivity contribution is 0.0698. The van der Waals surface area contributed by atoms with Crippen LogP contribution in [-0.4, -0.2) is 17.1 Å². The Labute approximate surface area is 136 Å². The summed E-state index contributed by atoms with van der Waals surface area (Å²) >= 11 is 0. The maximum absolute atomic E-state index is 11.5. The molecule has 0 bridgehead atoms. The Morgan fingerprint density at radius 3 is 2.43 bits per heavy atom. The Bertz CT molecular complexity index is 664. The summed E-state index contributed by atoms with van der Waals surface area (Å²) in [6.45, 7) is 0. The Balaban J connectivity index is 1.82. The molecule has 1 saturated carbocycles. The third-order valence-corrected chi connectivity index (χ3v) is 4.17. The lowest BCUT2D eigenvalue weighted by atomic mass is 9.95. The van der Waals surface area contributed by atoms with Crippen molar-refractivity contribution >= 4 is 11.7 Å². The van der Waals surface area contributed by atoms with Crippen molar-refractivity contribution in [3.63, 3.8) is 0 Å². The van der Waals surface area contributed by atoms with E-state index in [0.717, 1.165) is 18.6 Å². The zero-order chi connectivity index (χ0) is 16.1. The highest BCUT2D eigenvalue weighted by Gasteiger charge is 2.17. The summed E-state index contributed by atoms with van der Waals surface area (Å²) in [7, 11) is 0. The summed E-state index contributed by atoms with van der Waals surface area (Å²) in [5.74, 6) is 0.452. The molecule has 1 aliphatic carbocycles. The van der Waals surface area contributed by atoms with Crippen LogP contribution in [0.15, 0.2) is 48.5 Å². The molecule has 0 spiro atoms. The fraction of sp³-hybridized carbons (Fsp3) is 0.316. The summed E-state index contributed by atoms with van der Waals surface area (Å²) in [6.07, 6.45) is 5.83. The molecule has 2 aromatic rings. The largest absolute Gasteiger partial charge is 0.478 e. The molecule has 0 unspecified atom stereocenters. The molecule has 0 saturated heterocycles. The number of para-hydroxylation sites is 1. The second kappa shape index (κ2) is 7.18. The van der Waals surface area contributed by atoms with Crippen LogP contribution in [-0.2, 0) is 0 Å². The summed E-state index contributed by atoms with van der Waals surface area (Å²) in [4.78, 5) is 11.5. The van der Waals surface area contributed by atoms with Crippen LogP contribution < -0.4 is 10.1 Å². The van der Waals surface area contributed by atoms with Crippen LogP contribution in [0.2, 0.25) is 0 Å². The first-order chi connectivity index (χ1) is 11.2. The molecule has 23 heavy (non-hydrogen) atoms. The van der Waals surface area contributed by atoms with Gasteiger partial charge in [0, 0.05) is 12.1 Å². The molecule has 0 atom stereocenters. The number of carbonyl (C=O) groups is 1. The summed E-state index contributed by atoms with van der Waals surface area (Å²) in [5, 5.41) is 12.8. The molecule has 1 aliphatic rings. The van der Waals surface area contributed by atoms with E-state index < -0.39 is 5.97 Å². The van der Waals surface area contributed by atoms with Crippen LogP contribution in [0.5, 0.6) is 11.5 Å². The van der Waals surface area contributed by atoms with Gasteiger partial charge < -0.3 is 15.2 Å². The second-order valence-electron chi connectivity index (χ2n) is 5.91. The van der Waals surface area contributed by atoms with Crippen molar-refractivity contribution in [2.45, 2.75) is 38.1 Å². The van der Waals surface area contributed by atoms with E-state index in [0.29, 0.717) is 17.5 Å². The van der Waals surface area contributed by atoms with Crippen molar-refractivity contribution < 1.29 is 14.6 Å². The van der Waals surface area contributed by atoms with E-state index >= 15 is 0 Å². The smallest absolute Gasteiger partial charge is 0.337 e. The highest BCUT2D eigenvalue weighted by molar-refractivity contribution is 5.94. The van der Waals surface area contributed by atoms with Crippen LogP contribution in [0.25, 0.3) is 0 Å². The molecule has 120 valence electrons. The van der Waals surface area contributed by atoms with E-state index in [1.54, 1.807) is 18.2 Å². The average molecular weight is 311 g/mol. The van der Waals surface area contributed by atoms with E-state index in [1.165, 1.54) is 19.3 Å². The van der Waals surface area contributed by atoms with Gasteiger partial charge in [-0.1, -0.05) is 37.5 Å². The third kappa shape index (κ3) is 4.03. The maximum Gasteiger partial charge on any atom is 0.337 e. The van der Waals surface area contributed by atoms with Crippen LogP contribution >= 0.6 is 0 Å². The normalized spacial score (nSPS) is 15.1. The van der Waals surface area contributed by atoms with Gasteiger partial charge in [0.15, 0.2) is 0 Å². The molecule has 0 aliphatic heterocycles. The number of benzene rings is 2. The first-order valence-corrected chi connectivity index (χ1v) is 8.09. The number of hydrogen-bond acceptors (Lipinski definition) is 3. The lowest BCUT2D eigenvalue weighted by Gasteiger charge is -2.25. The van der Waals surface area contributed by atoms with Gasteiger partial charge >= 0.3 is 5.97 Å². The van der Waals surface area contributed by atoms with Gasteiger partial charge in [0.05, 0.1) is 11.3 Å². The van der Waals surface area contributed by atoms with Crippen molar-refractivity contribution in [3.05, 3.63) is 54.1 Å². The maximum atomic E-state index is 11.5. The number of rotatable bonds is 5. The minimum Gasteiger partial charge on any atom is -0.478 e. The van der Waals surface area contributed by atoms with E-state index in [2.05, 4.69) is 5.32 Å². The minimum atomic E-state index is -0.922. The molecule has 2 aromatic carbocycles. The average Bonchev–Trinajstić information content (AvgIpc) is 2.57. The standard InChI is InChI=1S/C19H21NO3/c21-19(22)17-12-11-16(23-15-9-5-2-6-10-15)13-18(17)20-14-7-3-1-4-8-14/h2,5-6,9-14,20H,1,3-4,7-8H2,(H,21,22). The lowest BCUT2D eigenvalue weighted by Crippen LogP contribution is -2.23. The highest BCUT2D eigenvalue weighted by Crippen LogP contribution is 2.29. The first kappa shape index (κ1) is 15.4. The second-order valence-corrected chi connectivity index (χ2v) is 5.91. The molecule has 3 rings (SSSR count). The molecule has 4 heteroatoms. The van der Waals surface area contributed by atoms with Crippen LogP contribution in [0.3, 0.4) is 0 Å². The van der Waals surface area contributed by atoms with Gasteiger partial charge in [-0.15, -0.1) is 0 Å². The van der Waals surface area contributed by atoms with Crippen molar-refractivity contribution in [2.24, 2.45) is 0 Å². The topological polar surface area (TPSA) is 58.6 Å². The number of anilines is 1. The first-order valence-electron chi connectivity index (χ1n) is 8.09. The van der Waals surface area contributed by atoms with Crippen molar-refractivity contribution in [1.29, 1.82) is 0 Å². The Morgan fingerprint density at radius 2 is 1.74 bits per heavy atom. The van der Waals surface area contributed by atoms with E-state index in [1.807, 2.05) is 30.3 Å². The number of carboxylic acids is 1. The van der Waals surface area contributed by atoms with Crippen molar-refractivity contribution in [1.82, 2.24) is 0 Å². The van der Waals surface area contributed by atoms with Gasteiger partial charge in [0.1, 0.15) is 11.5 Å². The van der Waals surface area contributed by atoms with E-state index in [4.69, 9.17) is 4.74 Å². The zero-order valence-electron chi connectivity index (χ0n) is 13.0. The van der Waals surface area contributed by atoms with Gasteiger partial charge in [-0.05, 0) is 37.1 Å². The number of carboxylic acid groups (broad SMARTS) is 1. The summed E-state index contributed by atoms with van der Waals surface area (Å²) in [5.41, 5.74) is 0.925. The quantitative estimate of drug-likeness (QED) is 0.822. The van der Waals surface area contributed by atoms with Crippen molar-refractivity contribution in [3.8, 4) is 11.5 Å². The third-order valence-electron chi connectivity index (χ3n) is 4.17. The van der Waals surface area contributed by atoms with Gasteiger partial charge in [0.25, 0.3) is 0 Å². The molecule has 0 aromatic heterocycles. The minimum absolute atomic E-state index is 0.288. The molecule has 1 fully saturated rings.